The van der Waals surface area contributed by atoms with Gasteiger partial charge in [-0.15, -0.1) is 23.1 Å². The Labute approximate surface area is 166 Å². The predicted molar refractivity (Wildman–Crippen MR) is 109 cm³/mol. The van der Waals surface area contributed by atoms with Gasteiger partial charge in [-0.25, -0.2) is 14.4 Å². The second-order valence-electron chi connectivity index (χ2n) is 6.85. The van der Waals surface area contributed by atoms with Crippen LogP contribution in [0.15, 0.2) is 29.3 Å². The third kappa shape index (κ3) is 4.06. The number of nitrogens with zero attached hydrogens (tertiary/aromatic N) is 2. The van der Waals surface area contributed by atoms with E-state index in [2.05, 4.69) is 4.98 Å². The zero-order valence-corrected chi connectivity index (χ0v) is 16.9. The third-order valence-corrected chi connectivity index (χ3v) is 7.09. The Morgan fingerprint density at radius 2 is 1.96 bits per heavy atom. The van der Waals surface area contributed by atoms with Crippen LogP contribution in [-0.4, -0.2) is 21.5 Å². The van der Waals surface area contributed by atoms with Crippen LogP contribution in [0.3, 0.4) is 0 Å². The molecule has 0 bridgehead atoms. The lowest BCUT2D eigenvalue weighted by Gasteiger charge is -2.11. The molecule has 6 heteroatoms. The molecule has 0 amide bonds. The lowest BCUT2D eigenvalue weighted by atomic mass is 9.97. The molecule has 2 heterocycles. The van der Waals surface area contributed by atoms with Gasteiger partial charge >= 0.3 is 0 Å². The van der Waals surface area contributed by atoms with Crippen LogP contribution in [0.4, 0.5) is 4.39 Å². The summed E-state index contributed by atoms with van der Waals surface area (Å²) in [5, 5.41) is 2.31. The van der Waals surface area contributed by atoms with E-state index >= 15 is 0 Å². The Hall–Kier alpha value is -1.79. The van der Waals surface area contributed by atoms with Crippen LogP contribution < -0.4 is 0 Å². The molecule has 0 fully saturated rings. The monoisotopic (exact) mass is 400 g/mol. The van der Waals surface area contributed by atoms with Gasteiger partial charge in [0, 0.05) is 22.2 Å². The largest absolute Gasteiger partial charge is 0.294 e. The van der Waals surface area contributed by atoms with E-state index in [1.807, 2.05) is 18.3 Å². The molecular weight excluding hydrogens is 379 g/mol. The number of thioether (sulfide) groups is 1. The first-order valence-corrected chi connectivity index (χ1v) is 11.1. The van der Waals surface area contributed by atoms with Gasteiger partial charge in [0.05, 0.1) is 0 Å². The van der Waals surface area contributed by atoms with Crippen molar-refractivity contribution in [2.75, 3.05) is 5.75 Å². The molecular formula is C21H21FN2OS2. The van der Waals surface area contributed by atoms with Crippen molar-refractivity contribution >= 4 is 39.1 Å². The van der Waals surface area contributed by atoms with Crippen LogP contribution in [0.1, 0.15) is 52.3 Å². The smallest absolute Gasteiger partial charge is 0.162 e. The molecule has 27 heavy (non-hydrogen) atoms. The topological polar surface area (TPSA) is 42.9 Å². The minimum absolute atomic E-state index is 0.0625. The quantitative estimate of drug-likeness (QED) is 0.228. The molecule has 4 rings (SSSR count). The highest BCUT2D eigenvalue weighted by Crippen LogP contribution is 2.39. The van der Waals surface area contributed by atoms with Crippen LogP contribution in [0.5, 0.6) is 0 Å². The first kappa shape index (κ1) is 18.6. The molecule has 0 radical (unpaired) electrons. The van der Waals surface area contributed by atoms with Crippen molar-refractivity contribution in [3.63, 3.8) is 0 Å². The van der Waals surface area contributed by atoms with Crippen molar-refractivity contribution in [1.29, 1.82) is 0 Å². The van der Waals surface area contributed by atoms with Gasteiger partial charge in [-0.1, -0.05) is 0 Å². The lowest BCUT2D eigenvalue weighted by molar-refractivity contribution is 0.0982. The standard InChI is InChI=1S/C21H21FN2OS2/c1-13-23-20(19-16-5-2-3-7-18(16)27-21(19)24-13)26-12-4-6-17(25)14-8-10-15(22)11-9-14/h8-11H,2-7,12H2,1H3. The Morgan fingerprint density at radius 3 is 2.78 bits per heavy atom. The van der Waals surface area contributed by atoms with Crippen molar-refractivity contribution in [2.24, 2.45) is 0 Å². The second kappa shape index (κ2) is 8.07. The molecule has 0 saturated carbocycles. The molecule has 2 aromatic heterocycles. The van der Waals surface area contributed by atoms with Gasteiger partial charge in [-0.3, -0.25) is 4.79 Å². The number of aromatic nitrogens is 2. The highest BCUT2D eigenvalue weighted by atomic mass is 32.2. The molecule has 3 nitrogen and oxygen atoms in total. The SMILES string of the molecule is Cc1nc(SCCCC(=O)c2ccc(F)cc2)c2c3c(sc2n1)CCCC3. The summed E-state index contributed by atoms with van der Waals surface area (Å²) < 4.78 is 13.0. The summed E-state index contributed by atoms with van der Waals surface area (Å²) in [5.74, 6) is 1.39. The normalized spacial score (nSPS) is 13.7. The van der Waals surface area contributed by atoms with Crippen molar-refractivity contribution in [3.05, 3.63) is 51.9 Å². The van der Waals surface area contributed by atoms with Crippen molar-refractivity contribution < 1.29 is 9.18 Å². The number of rotatable bonds is 6. The first-order chi connectivity index (χ1) is 13.1. The van der Waals surface area contributed by atoms with E-state index in [-0.39, 0.29) is 11.6 Å². The number of benzene rings is 1. The van der Waals surface area contributed by atoms with E-state index in [1.165, 1.54) is 40.8 Å². The Bertz CT molecular complexity index is 982. The molecule has 0 atom stereocenters. The van der Waals surface area contributed by atoms with E-state index < -0.39 is 0 Å². The van der Waals surface area contributed by atoms with Gasteiger partial charge < -0.3 is 0 Å². The minimum atomic E-state index is -0.315. The summed E-state index contributed by atoms with van der Waals surface area (Å²) in [6.45, 7) is 1.94. The molecule has 1 aromatic carbocycles. The Morgan fingerprint density at radius 1 is 1.19 bits per heavy atom. The van der Waals surface area contributed by atoms with Crippen molar-refractivity contribution in [2.45, 2.75) is 50.5 Å². The summed E-state index contributed by atoms with van der Waals surface area (Å²) in [6, 6.07) is 5.78. The molecule has 140 valence electrons. The number of ketones is 1. The molecule has 0 aliphatic heterocycles. The maximum Gasteiger partial charge on any atom is 0.162 e. The second-order valence-corrected chi connectivity index (χ2v) is 9.02. The summed E-state index contributed by atoms with van der Waals surface area (Å²) >= 11 is 3.55. The van der Waals surface area contributed by atoms with Crippen LogP contribution in [0.2, 0.25) is 0 Å². The number of hydrogen-bond acceptors (Lipinski definition) is 5. The fraction of sp³-hybridized carbons (Fsp3) is 0.381. The Balaban J connectivity index is 1.43. The molecule has 3 aromatic rings. The van der Waals surface area contributed by atoms with Gasteiger partial charge in [0.1, 0.15) is 21.5 Å². The summed E-state index contributed by atoms with van der Waals surface area (Å²) in [7, 11) is 0. The fourth-order valence-corrected chi connectivity index (χ4v) is 5.93. The number of carbonyl (C=O) groups is 1. The van der Waals surface area contributed by atoms with Gasteiger partial charge in [0.2, 0.25) is 0 Å². The van der Waals surface area contributed by atoms with Gasteiger partial charge in [-0.05, 0) is 74.6 Å². The highest BCUT2D eigenvalue weighted by Gasteiger charge is 2.20. The lowest BCUT2D eigenvalue weighted by Crippen LogP contribution is -2.01. The molecule has 1 aliphatic carbocycles. The van der Waals surface area contributed by atoms with E-state index in [1.54, 1.807) is 23.9 Å². The predicted octanol–water partition coefficient (Wildman–Crippen LogP) is 5.77. The molecule has 0 spiro atoms. The number of Topliss-reactive ketones (excluding diaryl/α,β-unsaturated/α-hetero) is 1. The number of halogens is 1. The summed E-state index contributed by atoms with van der Waals surface area (Å²) in [4.78, 5) is 24.2. The van der Waals surface area contributed by atoms with Crippen molar-refractivity contribution in [1.82, 2.24) is 9.97 Å². The minimum Gasteiger partial charge on any atom is -0.294 e. The highest BCUT2D eigenvalue weighted by molar-refractivity contribution is 7.99. The summed E-state index contributed by atoms with van der Waals surface area (Å²) in [6.07, 6.45) is 6.03. The maximum atomic E-state index is 13.0. The van der Waals surface area contributed by atoms with E-state index in [4.69, 9.17) is 4.98 Å². The van der Waals surface area contributed by atoms with Crippen LogP contribution in [0.25, 0.3) is 10.2 Å². The van der Waals surface area contributed by atoms with Gasteiger partial charge in [0.25, 0.3) is 0 Å². The summed E-state index contributed by atoms with van der Waals surface area (Å²) in [5.41, 5.74) is 2.03. The van der Waals surface area contributed by atoms with Crippen LogP contribution >= 0.6 is 23.1 Å². The Kier molecular flexibility index (Phi) is 5.55. The number of hydrogen-bond donors (Lipinski definition) is 0. The fourth-order valence-electron chi connectivity index (χ4n) is 3.51. The van der Waals surface area contributed by atoms with E-state index in [0.717, 1.165) is 40.7 Å². The molecule has 0 N–H and O–H groups in total. The third-order valence-electron chi connectivity index (χ3n) is 4.85. The van der Waals surface area contributed by atoms with E-state index in [9.17, 15) is 9.18 Å². The zero-order valence-electron chi connectivity index (χ0n) is 15.3. The van der Waals surface area contributed by atoms with Gasteiger partial charge in [0.15, 0.2) is 5.78 Å². The maximum absolute atomic E-state index is 13.0. The van der Waals surface area contributed by atoms with E-state index in [0.29, 0.717) is 12.0 Å². The first-order valence-electron chi connectivity index (χ1n) is 9.32. The zero-order chi connectivity index (χ0) is 18.8. The number of aryl methyl sites for hydroxylation is 3. The van der Waals surface area contributed by atoms with Crippen LogP contribution in [-0.2, 0) is 12.8 Å². The molecule has 1 aliphatic rings. The average molecular weight is 401 g/mol. The number of thiophene rings is 1. The number of fused-ring (bicyclic) bond motifs is 3. The van der Waals surface area contributed by atoms with Gasteiger partial charge in [-0.2, -0.15) is 0 Å². The number of carbonyl (C=O) groups excluding carboxylic acids is 1. The average Bonchev–Trinajstić information content (AvgIpc) is 3.03. The molecule has 0 saturated heterocycles. The molecule has 0 unspecified atom stereocenters. The van der Waals surface area contributed by atoms with Crippen LogP contribution in [0, 0.1) is 12.7 Å². The van der Waals surface area contributed by atoms with Crippen molar-refractivity contribution in [3.8, 4) is 0 Å².